The maximum atomic E-state index is 6.24. The monoisotopic (exact) mass is 339 g/mol. The molecule has 2 aromatic rings. The van der Waals surface area contributed by atoms with Crippen LogP contribution in [0.4, 0.5) is 5.69 Å². The molecular weight excluding hydrogens is 321 g/mol. The highest BCUT2D eigenvalue weighted by atomic mass is 35.5. The fraction of sp³-hybridized carbons (Fsp3) is 0.294. The number of hydrogen-bond donors (Lipinski definition) is 1. The lowest BCUT2D eigenvalue weighted by Crippen LogP contribution is -2.01. The molecule has 0 amide bonds. The molecule has 0 spiro atoms. The second-order valence-electron chi connectivity index (χ2n) is 4.82. The van der Waals surface area contributed by atoms with Gasteiger partial charge in [0.2, 0.25) is 0 Å². The third-order valence-electron chi connectivity index (χ3n) is 3.10. The first-order valence-corrected chi connectivity index (χ1v) is 7.88. The van der Waals surface area contributed by atoms with E-state index >= 15 is 0 Å². The summed E-state index contributed by atoms with van der Waals surface area (Å²) in [6.45, 7) is 3.26. The molecule has 0 fully saturated rings. The van der Waals surface area contributed by atoms with E-state index in [1.807, 2.05) is 43.3 Å². The molecule has 22 heavy (non-hydrogen) atoms. The van der Waals surface area contributed by atoms with Crippen LogP contribution in [-0.2, 0) is 6.54 Å². The minimum Gasteiger partial charge on any atom is -0.497 e. The van der Waals surface area contributed by atoms with Gasteiger partial charge in [-0.15, -0.1) is 0 Å². The maximum absolute atomic E-state index is 6.24. The smallest absolute Gasteiger partial charge is 0.156 e. The van der Waals surface area contributed by atoms with Crippen molar-refractivity contribution >= 4 is 28.9 Å². The van der Waals surface area contributed by atoms with Gasteiger partial charge < -0.3 is 14.8 Å². The summed E-state index contributed by atoms with van der Waals surface area (Å²) >= 11 is 12.5. The quantitative estimate of drug-likeness (QED) is 0.732. The van der Waals surface area contributed by atoms with Gasteiger partial charge >= 0.3 is 0 Å². The molecule has 1 N–H and O–H groups in total. The van der Waals surface area contributed by atoms with Crippen molar-refractivity contribution < 1.29 is 9.47 Å². The van der Waals surface area contributed by atoms with Crippen LogP contribution in [0.3, 0.4) is 0 Å². The molecule has 2 aromatic carbocycles. The first-order valence-electron chi connectivity index (χ1n) is 7.12. The number of halogens is 2. The highest BCUT2D eigenvalue weighted by Gasteiger charge is 2.09. The van der Waals surface area contributed by atoms with Gasteiger partial charge in [0.05, 0.1) is 23.8 Å². The molecule has 118 valence electrons. The summed E-state index contributed by atoms with van der Waals surface area (Å²) in [7, 11) is 1.65. The van der Waals surface area contributed by atoms with E-state index in [4.69, 9.17) is 32.7 Å². The van der Waals surface area contributed by atoms with Gasteiger partial charge in [-0.1, -0.05) is 30.1 Å². The number of anilines is 1. The van der Waals surface area contributed by atoms with Gasteiger partial charge in [0.25, 0.3) is 0 Å². The second-order valence-corrected chi connectivity index (χ2v) is 5.63. The van der Waals surface area contributed by atoms with Crippen molar-refractivity contribution in [2.75, 3.05) is 19.0 Å². The van der Waals surface area contributed by atoms with Crippen LogP contribution >= 0.6 is 23.2 Å². The van der Waals surface area contributed by atoms with E-state index in [0.29, 0.717) is 28.9 Å². The Morgan fingerprint density at radius 2 is 1.68 bits per heavy atom. The molecule has 0 aliphatic heterocycles. The summed E-state index contributed by atoms with van der Waals surface area (Å²) in [5.74, 6) is 1.38. The fourth-order valence-corrected chi connectivity index (χ4v) is 2.61. The van der Waals surface area contributed by atoms with Gasteiger partial charge in [-0.05, 0) is 48.4 Å². The van der Waals surface area contributed by atoms with E-state index in [-0.39, 0.29) is 0 Å². The van der Waals surface area contributed by atoms with Crippen molar-refractivity contribution in [1.29, 1.82) is 0 Å². The Bertz CT molecular complexity index is 592. The van der Waals surface area contributed by atoms with Crippen molar-refractivity contribution in [2.24, 2.45) is 0 Å². The van der Waals surface area contributed by atoms with Gasteiger partial charge in [-0.3, -0.25) is 0 Å². The van der Waals surface area contributed by atoms with E-state index in [0.717, 1.165) is 23.4 Å². The number of hydrogen-bond acceptors (Lipinski definition) is 3. The van der Waals surface area contributed by atoms with Crippen molar-refractivity contribution in [3.05, 3.63) is 52.0 Å². The average molecular weight is 340 g/mol. The first-order chi connectivity index (χ1) is 10.6. The first kappa shape index (κ1) is 16.8. The van der Waals surface area contributed by atoms with Crippen molar-refractivity contribution in [1.82, 2.24) is 0 Å². The third-order valence-corrected chi connectivity index (χ3v) is 3.66. The Kier molecular flexibility index (Phi) is 6.22. The van der Waals surface area contributed by atoms with E-state index < -0.39 is 0 Å². The summed E-state index contributed by atoms with van der Waals surface area (Å²) in [6, 6.07) is 11.5. The topological polar surface area (TPSA) is 30.5 Å². The van der Waals surface area contributed by atoms with E-state index in [2.05, 4.69) is 5.32 Å². The van der Waals surface area contributed by atoms with Crippen LogP contribution in [0.1, 0.15) is 18.9 Å². The predicted octanol–water partition coefficient (Wildman–Crippen LogP) is 5.40. The molecule has 5 heteroatoms. The van der Waals surface area contributed by atoms with E-state index in [9.17, 15) is 0 Å². The zero-order valence-corrected chi connectivity index (χ0v) is 14.2. The predicted molar refractivity (Wildman–Crippen MR) is 92.6 cm³/mol. The van der Waals surface area contributed by atoms with E-state index in [1.54, 1.807) is 7.11 Å². The normalized spacial score (nSPS) is 10.4. The molecule has 0 saturated carbocycles. The molecule has 0 bridgehead atoms. The minimum atomic E-state index is 0.535. The Morgan fingerprint density at radius 1 is 1.05 bits per heavy atom. The number of nitrogens with one attached hydrogen (secondary N) is 1. The van der Waals surface area contributed by atoms with Gasteiger partial charge in [0.1, 0.15) is 5.75 Å². The Hall–Kier alpha value is -1.58. The lowest BCUT2D eigenvalue weighted by atomic mass is 10.2. The molecule has 0 aromatic heterocycles. The lowest BCUT2D eigenvalue weighted by Gasteiger charge is -2.12. The van der Waals surface area contributed by atoms with Crippen LogP contribution in [-0.4, -0.2) is 13.7 Å². The lowest BCUT2D eigenvalue weighted by molar-refractivity contribution is 0.318. The number of ether oxygens (including phenoxy) is 2. The highest BCUT2D eigenvalue weighted by molar-refractivity contribution is 6.37. The van der Waals surface area contributed by atoms with Crippen molar-refractivity contribution in [3.63, 3.8) is 0 Å². The van der Waals surface area contributed by atoms with Crippen LogP contribution in [0.15, 0.2) is 36.4 Å². The molecule has 0 radical (unpaired) electrons. The molecule has 0 heterocycles. The Labute approximate surface area is 141 Å². The van der Waals surface area contributed by atoms with Gasteiger partial charge in [-0.2, -0.15) is 0 Å². The summed E-state index contributed by atoms with van der Waals surface area (Å²) in [4.78, 5) is 0. The van der Waals surface area contributed by atoms with Gasteiger partial charge in [0, 0.05) is 12.2 Å². The van der Waals surface area contributed by atoms with Crippen LogP contribution in [0, 0.1) is 0 Å². The zero-order chi connectivity index (χ0) is 15.9. The molecule has 3 nitrogen and oxygen atoms in total. The molecule has 2 rings (SSSR count). The van der Waals surface area contributed by atoms with Gasteiger partial charge in [-0.25, -0.2) is 0 Å². The summed E-state index contributed by atoms with van der Waals surface area (Å²) in [5.41, 5.74) is 1.99. The van der Waals surface area contributed by atoms with Crippen LogP contribution < -0.4 is 14.8 Å². The highest BCUT2D eigenvalue weighted by Crippen LogP contribution is 2.34. The summed E-state index contributed by atoms with van der Waals surface area (Å²) in [5, 5.41) is 4.39. The summed E-state index contributed by atoms with van der Waals surface area (Å²) in [6.07, 6.45) is 0.910. The third kappa shape index (κ3) is 4.46. The largest absolute Gasteiger partial charge is 0.497 e. The van der Waals surface area contributed by atoms with Crippen molar-refractivity contribution in [3.8, 4) is 11.5 Å². The van der Waals surface area contributed by atoms with Crippen LogP contribution in [0.2, 0.25) is 10.0 Å². The molecule has 0 aliphatic carbocycles. The zero-order valence-electron chi connectivity index (χ0n) is 12.7. The summed E-state index contributed by atoms with van der Waals surface area (Å²) < 4.78 is 10.7. The standard InChI is InChI=1S/C17H19Cl2NO2/c1-3-8-22-17-15(18)9-12(10-16(17)19)11-20-13-4-6-14(21-2)7-5-13/h4-7,9-10,20H,3,8,11H2,1-2H3. The molecular formula is C17H19Cl2NO2. The minimum absolute atomic E-state index is 0.535. The molecule has 0 aliphatic rings. The fourth-order valence-electron chi connectivity index (χ4n) is 1.97. The van der Waals surface area contributed by atoms with Gasteiger partial charge in [0.15, 0.2) is 5.75 Å². The number of rotatable bonds is 7. The molecule has 0 saturated heterocycles. The second kappa shape index (κ2) is 8.16. The number of methoxy groups -OCH3 is 1. The SMILES string of the molecule is CCCOc1c(Cl)cc(CNc2ccc(OC)cc2)cc1Cl. The maximum Gasteiger partial charge on any atom is 0.156 e. The van der Waals surface area contributed by atoms with E-state index in [1.165, 1.54) is 0 Å². The van der Waals surface area contributed by atoms with Crippen LogP contribution in [0.25, 0.3) is 0 Å². The Balaban J connectivity index is 2.03. The van der Waals surface area contributed by atoms with Crippen molar-refractivity contribution in [2.45, 2.75) is 19.9 Å². The average Bonchev–Trinajstić information content (AvgIpc) is 2.52. The number of benzene rings is 2. The molecule has 0 atom stereocenters. The van der Waals surface area contributed by atoms with Crippen LogP contribution in [0.5, 0.6) is 11.5 Å². The molecule has 0 unspecified atom stereocenters. The Morgan fingerprint density at radius 3 is 2.23 bits per heavy atom.